The van der Waals surface area contributed by atoms with Crippen molar-refractivity contribution in [1.82, 2.24) is 4.98 Å². The van der Waals surface area contributed by atoms with Crippen molar-refractivity contribution in [1.29, 1.82) is 0 Å². The van der Waals surface area contributed by atoms with Crippen LogP contribution in [0.5, 0.6) is 0 Å². The molecular weight excluding hydrogens is 194 g/mol. The second kappa shape index (κ2) is 3.73. The van der Waals surface area contributed by atoms with Gasteiger partial charge in [-0.25, -0.2) is 4.98 Å². The Kier molecular flexibility index (Phi) is 3.00. The number of rotatable bonds is 2. The molecule has 0 N–H and O–H groups in total. The van der Waals surface area contributed by atoms with E-state index in [1.54, 1.807) is 6.26 Å². The summed E-state index contributed by atoms with van der Waals surface area (Å²) in [6.45, 7) is 6.26. The lowest BCUT2D eigenvalue weighted by Gasteiger charge is -2.10. The molecule has 0 aromatic carbocycles. The van der Waals surface area contributed by atoms with E-state index in [0.29, 0.717) is 10.9 Å². The number of pyridine rings is 1. The van der Waals surface area contributed by atoms with E-state index in [9.17, 15) is 4.21 Å². The van der Waals surface area contributed by atoms with E-state index in [1.807, 2.05) is 19.2 Å². The quantitative estimate of drug-likeness (QED) is 0.702. The Labute approximate surface area is 86.4 Å². The molecule has 1 aromatic heterocycles. The highest BCUT2D eigenvalue weighted by atomic mass is 32.2. The van der Waals surface area contributed by atoms with Crippen LogP contribution >= 0.6 is 0 Å². The van der Waals surface area contributed by atoms with Crippen molar-refractivity contribution < 1.29 is 4.21 Å². The standard InChI is InChI=1S/C11H17NOS/c1-8(2)10-7-12-11(6-9(10)3)14(4,5)13/h6-8H,4H2,1-3,5H3. The summed E-state index contributed by atoms with van der Waals surface area (Å²) in [5.41, 5.74) is 2.35. The fourth-order valence-electron chi connectivity index (χ4n) is 1.38. The van der Waals surface area contributed by atoms with Crippen LogP contribution in [0.25, 0.3) is 0 Å². The second-order valence-electron chi connectivity index (χ2n) is 4.04. The summed E-state index contributed by atoms with van der Waals surface area (Å²) in [5.74, 6) is 4.07. The predicted octanol–water partition coefficient (Wildman–Crippen LogP) is 2.22. The summed E-state index contributed by atoms with van der Waals surface area (Å²) in [6.07, 6.45) is 3.42. The van der Waals surface area contributed by atoms with Crippen molar-refractivity contribution in [3.63, 3.8) is 0 Å². The van der Waals surface area contributed by atoms with Gasteiger partial charge in [0.2, 0.25) is 0 Å². The Morgan fingerprint density at radius 2 is 2.07 bits per heavy atom. The molecule has 0 aliphatic rings. The molecule has 0 aliphatic heterocycles. The molecule has 0 fully saturated rings. The van der Waals surface area contributed by atoms with Gasteiger partial charge in [0, 0.05) is 22.0 Å². The molecule has 1 atom stereocenters. The van der Waals surface area contributed by atoms with E-state index >= 15 is 0 Å². The summed E-state index contributed by atoms with van der Waals surface area (Å²) in [5, 5.41) is 0.597. The Hall–Kier alpha value is -0.830. The van der Waals surface area contributed by atoms with Crippen LogP contribution in [0.3, 0.4) is 0 Å². The molecule has 1 aromatic rings. The third-order valence-corrected chi connectivity index (χ3v) is 3.30. The minimum absolute atomic E-state index is 0.453. The molecule has 0 saturated carbocycles. The molecule has 1 unspecified atom stereocenters. The average molecular weight is 211 g/mol. The van der Waals surface area contributed by atoms with Gasteiger partial charge in [0.1, 0.15) is 5.03 Å². The van der Waals surface area contributed by atoms with Crippen molar-refractivity contribution in [2.45, 2.75) is 31.7 Å². The van der Waals surface area contributed by atoms with Gasteiger partial charge in [-0.2, -0.15) is 0 Å². The van der Waals surface area contributed by atoms with E-state index in [-0.39, 0.29) is 0 Å². The number of hydrogen-bond donors (Lipinski definition) is 0. The molecule has 0 amide bonds. The lowest BCUT2D eigenvalue weighted by atomic mass is 10.0. The third kappa shape index (κ3) is 2.35. The molecular formula is C11H17NOS. The number of aromatic nitrogens is 1. The molecule has 0 spiro atoms. The molecule has 1 heterocycles. The highest BCUT2D eigenvalue weighted by molar-refractivity contribution is 7.99. The van der Waals surface area contributed by atoms with Gasteiger partial charge in [0.25, 0.3) is 0 Å². The Morgan fingerprint density at radius 1 is 1.50 bits per heavy atom. The van der Waals surface area contributed by atoms with E-state index in [4.69, 9.17) is 0 Å². The normalized spacial score (nSPS) is 15.5. The Bertz CT molecular complexity index is 433. The molecule has 0 aliphatic carbocycles. The van der Waals surface area contributed by atoms with E-state index in [2.05, 4.69) is 24.7 Å². The fourth-order valence-corrected chi connectivity index (χ4v) is 2.08. The first-order chi connectivity index (χ1) is 6.32. The molecule has 3 heteroatoms. The lowest BCUT2D eigenvalue weighted by Crippen LogP contribution is -2.03. The van der Waals surface area contributed by atoms with E-state index < -0.39 is 9.52 Å². The highest BCUT2D eigenvalue weighted by Crippen LogP contribution is 2.19. The molecule has 78 valence electrons. The van der Waals surface area contributed by atoms with Crippen LogP contribution in [0.4, 0.5) is 0 Å². The lowest BCUT2D eigenvalue weighted by molar-refractivity contribution is 0.681. The fraction of sp³-hybridized carbons (Fsp3) is 0.455. The van der Waals surface area contributed by atoms with Gasteiger partial charge in [-0.05, 0) is 35.9 Å². The predicted molar refractivity (Wildman–Crippen MR) is 62.5 cm³/mol. The minimum atomic E-state index is -2.18. The molecule has 1 rings (SSSR count). The van der Waals surface area contributed by atoms with Crippen LogP contribution in [-0.4, -0.2) is 21.3 Å². The van der Waals surface area contributed by atoms with Gasteiger partial charge in [0.15, 0.2) is 0 Å². The van der Waals surface area contributed by atoms with Gasteiger partial charge in [-0.1, -0.05) is 13.8 Å². The van der Waals surface area contributed by atoms with Gasteiger partial charge in [0.05, 0.1) is 0 Å². The molecule has 0 bridgehead atoms. The molecule has 0 saturated heterocycles. The largest absolute Gasteiger partial charge is 0.262 e. The zero-order valence-electron chi connectivity index (χ0n) is 9.20. The van der Waals surface area contributed by atoms with E-state index in [0.717, 1.165) is 5.56 Å². The zero-order chi connectivity index (χ0) is 10.9. The Morgan fingerprint density at radius 3 is 2.43 bits per heavy atom. The van der Waals surface area contributed by atoms with Crippen LogP contribution in [0.1, 0.15) is 30.9 Å². The first-order valence-corrected chi connectivity index (χ1v) is 6.74. The van der Waals surface area contributed by atoms with Crippen LogP contribution < -0.4 is 0 Å². The summed E-state index contributed by atoms with van der Waals surface area (Å²) >= 11 is 0. The summed E-state index contributed by atoms with van der Waals surface area (Å²) in [4.78, 5) is 4.19. The monoisotopic (exact) mass is 211 g/mol. The maximum Gasteiger partial charge on any atom is 0.118 e. The maximum atomic E-state index is 11.6. The molecule has 2 nitrogen and oxygen atoms in total. The van der Waals surface area contributed by atoms with Crippen molar-refractivity contribution in [2.75, 3.05) is 6.26 Å². The maximum absolute atomic E-state index is 11.6. The SMILES string of the molecule is C=S(C)(=O)c1cc(C)c(C(C)C)cn1. The topological polar surface area (TPSA) is 30.0 Å². The summed E-state index contributed by atoms with van der Waals surface area (Å²) < 4.78 is 11.6. The molecule has 0 radical (unpaired) electrons. The van der Waals surface area contributed by atoms with Crippen LogP contribution in [-0.2, 0) is 9.52 Å². The first-order valence-electron chi connectivity index (χ1n) is 4.61. The van der Waals surface area contributed by atoms with Crippen molar-refractivity contribution in [3.05, 3.63) is 23.4 Å². The number of nitrogens with zero attached hydrogens (tertiary/aromatic N) is 1. The van der Waals surface area contributed by atoms with Gasteiger partial charge in [-0.3, -0.25) is 4.21 Å². The van der Waals surface area contributed by atoms with Gasteiger partial charge in [-0.15, -0.1) is 0 Å². The molecule has 14 heavy (non-hydrogen) atoms. The second-order valence-corrected chi connectivity index (χ2v) is 6.47. The number of hydrogen-bond acceptors (Lipinski definition) is 2. The summed E-state index contributed by atoms with van der Waals surface area (Å²) in [6, 6.07) is 1.88. The zero-order valence-corrected chi connectivity index (χ0v) is 10.0. The third-order valence-electron chi connectivity index (χ3n) is 2.19. The van der Waals surface area contributed by atoms with Crippen LogP contribution in [0, 0.1) is 6.92 Å². The van der Waals surface area contributed by atoms with Gasteiger partial charge < -0.3 is 0 Å². The first kappa shape index (κ1) is 11.2. The van der Waals surface area contributed by atoms with Crippen molar-refractivity contribution in [2.24, 2.45) is 0 Å². The van der Waals surface area contributed by atoms with Crippen LogP contribution in [0.2, 0.25) is 0 Å². The minimum Gasteiger partial charge on any atom is -0.262 e. The average Bonchev–Trinajstić information content (AvgIpc) is 2.01. The highest BCUT2D eigenvalue weighted by Gasteiger charge is 2.08. The van der Waals surface area contributed by atoms with Gasteiger partial charge >= 0.3 is 0 Å². The van der Waals surface area contributed by atoms with Crippen molar-refractivity contribution >= 4 is 15.4 Å². The number of aryl methyl sites for hydroxylation is 1. The Balaban J connectivity index is 3.27. The summed E-state index contributed by atoms with van der Waals surface area (Å²) in [7, 11) is -2.18. The smallest absolute Gasteiger partial charge is 0.118 e. The van der Waals surface area contributed by atoms with Crippen molar-refractivity contribution in [3.8, 4) is 0 Å². The van der Waals surface area contributed by atoms with E-state index in [1.165, 1.54) is 5.56 Å². The van der Waals surface area contributed by atoms with Crippen LogP contribution in [0.15, 0.2) is 17.3 Å².